The summed E-state index contributed by atoms with van der Waals surface area (Å²) < 4.78 is 5.48. The second kappa shape index (κ2) is 77.5. The van der Waals surface area contributed by atoms with Crippen molar-refractivity contribution in [1.29, 1.82) is 0 Å². The molecule has 0 bridgehead atoms. The van der Waals surface area contributed by atoms with Crippen molar-refractivity contribution in [3.8, 4) is 0 Å². The second-order valence-corrected chi connectivity index (χ2v) is 27.7. The van der Waals surface area contributed by atoms with Crippen molar-refractivity contribution in [2.45, 2.75) is 463 Å². The summed E-state index contributed by atoms with van der Waals surface area (Å²) in [5, 5.41) is 23.3. The predicted molar refractivity (Wildman–Crippen MR) is 389 cm³/mol. The number of carbonyl (C=O) groups excluding carboxylic acids is 2. The molecule has 1 amide bonds. The molecule has 520 valence electrons. The van der Waals surface area contributed by atoms with Crippen LogP contribution in [-0.2, 0) is 14.3 Å². The van der Waals surface area contributed by atoms with Crippen molar-refractivity contribution in [2.24, 2.45) is 0 Å². The number of esters is 1. The number of hydrogen-bond donors (Lipinski definition) is 3. The fraction of sp³-hybridized carbons (Fsp3) is 0.902. The molecule has 0 heterocycles. The van der Waals surface area contributed by atoms with Gasteiger partial charge in [0.15, 0.2) is 0 Å². The Labute approximate surface area is 551 Å². The number of carbonyl (C=O) groups is 2. The quantitative estimate of drug-likeness (QED) is 0.0320. The number of aliphatic hydroxyl groups is 2. The minimum absolute atomic E-state index is 0.0117. The minimum Gasteiger partial charge on any atom is -0.466 e. The van der Waals surface area contributed by atoms with Crippen LogP contribution in [0.25, 0.3) is 0 Å². The van der Waals surface area contributed by atoms with E-state index in [0.29, 0.717) is 19.4 Å². The molecule has 0 aliphatic rings. The Balaban J connectivity index is 3.36. The van der Waals surface area contributed by atoms with Crippen LogP contribution >= 0.6 is 0 Å². The van der Waals surface area contributed by atoms with Gasteiger partial charge in [0, 0.05) is 12.8 Å². The molecule has 6 heteroatoms. The molecule has 2 atom stereocenters. The molecule has 0 saturated carbocycles. The van der Waals surface area contributed by atoms with Gasteiger partial charge in [0.05, 0.1) is 25.4 Å². The van der Waals surface area contributed by atoms with Crippen LogP contribution in [0, 0.1) is 0 Å². The van der Waals surface area contributed by atoms with E-state index >= 15 is 0 Å². The highest BCUT2D eigenvalue weighted by molar-refractivity contribution is 5.76. The standard InChI is InChI=1S/C82H157NO5/c1-3-5-7-9-11-13-15-17-18-19-20-21-39-42-45-48-51-54-58-62-66-70-74-80(85)79(78-84)83-81(86)75-71-67-63-59-55-52-49-46-43-40-37-35-33-31-29-27-25-23-22-24-26-28-30-32-34-36-38-41-44-47-50-53-57-61-65-69-73-77-88-82(87)76-72-68-64-60-56-16-14-12-10-8-6-4-2/h12,14,22,24,70,74,79-80,84-85H,3-11,13,15-21,23,25-69,71-73,75-78H2,1-2H3,(H,83,86)/b14-12-,24-22-,74-70+. The lowest BCUT2D eigenvalue weighted by molar-refractivity contribution is -0.143. The third-order valence-corrected chi connectivity index (χ3v) is 18.9. The van der Waals surface area contributed by atoms with Gasteiger partial charge in [0.2, 0.25) is 5.91 Å². The zero-order chi connectivity index (χ0) is 63.5. The normalized spacial score (nSPS) is 12.6. The maximum Gasteiger partial charge on any atom is 0.305 e. The minimum atomic E-state index is -0.843. The van der Waals surface area contributed by atoms with Gasteiger partial charge in [-0.05, 0) is 83.5 Å². The van der Waals surface area contributed by atoms with E-state index in [4.69, 9.17) is 4.74 Å². The van der Waals surface area contributed by atoms with Gasteiger partial charge in [0.1, 0.15) is 0 Å². The van der Waals surface area contributed by atoms with Gasteiger partial charge in [-0.25, -0.2) is 0 Å². The second-order valence-electron chi connectivity index (χ2n) is 27.7. The van der Waals surface area contributed by atoms with Crippen LogP contribution in [0.2, 0.25) is 0 Å². The molecule has 0 saturated heterocycles. The van der Waals surface area contributed by atoms with Gasteiger partial charge >= 0.3 is 5.97 Å². The van der Waals surface area contributed by atoms with Gasteiger partial charge in [-0.15, -0.1) is 0 Å². The third kappa shape index (κ3) is 73.1. The fourth-order valence-corrected chi connectivity index (χ4v) is 12.7. The Kier molecular flexibility index (Phi) is 75.8. The Morgan fingerprint density at radius 3 is 0.830 bits per heavy atom. The molecule has 0 aromatic carbocycles. The highest BCUT2D eigenvalue weighted by Gasteiger charge is 2.18. The smallest absolute Gasteiger partial charge is 0.305 e. The Morgan fingerprint density at radius 1 is 0.307 bits per heavy atom. The first-order valence-corrected chi connectivity index (χ1v) is 40.3. The number of hydrogen-bond acceptors (Lipinski definition) is 5. The Morgan fingerprint density at radius 2 is 0.534 bits per heavy atom. The first kappa shape index (κ1) is 86.1. The molecule has 0 spiro atoms. The zero-order valence-electron chi connectivity index (χ0n) is 59.7. The maximum absolute atomic E-state index is 12.5. The van der Waals surface area contributed by atoms with Crippen molar-refractivity contribution in [1.82, 2.24) is 5.32 Å². The summed E-state index contributed by atoms with van der Waals surface area (Å²) in [6.45, 7) is 4.93. The number of ether oxygens (including phenoxy) is 1. The number of unbranched alkanes of at least 4 members (excludes halogenated alkanes) is 61. The van der Waals surface area contributed by atoms with E-state index in [1.807, 2.05) is 6.08 Å². The summed E-state index contributed by atoms with van der Waals surface area (Å²) >= 11 is 0. The summed E-state index contributed by atoms with van der Waals surface area (Å²) in [6.07, 6.45) is 101. The van der Waals surface area contributed by atoms with Crippen LogP contribution in [0.4, 0.5) is 0 Å². The highest BCUT2D eigenvalue weighted by Crippen LogP contribution is 2.20. The summed E-state index contributed by atoms with van der Waals surface area (Å²) in [6, 6.07) is -0.626. The molecule has 0 fully saturated rings. The van der Waals surface area contributed by atoms with E-state index < -0.39 is 12.1 Å². The maximum atomic E-state index is 12.5. The van der Waals surface area contributed by atoms with Gasteiger partial charge in [-0.1, -0.05) is 391 Å². The molecule has 0 rings (SSSR count). The number of rotatable bonds is 76. The van der Waals surface area contributed by atoms with E-state index in [1.165, 1.54) is 379 Å². The van der Waals surface area contributed by atoms with Crippen molar-refractivity contribution in [3.63, 3.8) is 0 Å². The van der Waals surface area contributed by atoms with Crippen LogP contribution in [0.15, 0.2) is 36.5 Å². The van der Waals surface area contributed by atoms with Crippen molar-refractivity contribution in [2.75, 3.05) is 13.2 Å². The molecule has 0 aromatic heterocycles. The van der Waals surface area contributed by atoms with Gasteiger partial charge in [-0.3, -0.25) is 9.59 Å². The Hall–Kier alpha value is -1.92. The molecular formula is C82H157NO5. The van der Waals surface area contributed by atoms with E-state index in [0.717, 1.165) is 44.9 Å². The molecule has 2 unspecified atom stereocenters. The lowest BCUT2D eigenvalue weighted by atomic mass is 10.0. The Bertz CT molecular complexity index is 1430. The summed E-state index contributed by atoms with van der Waals surface area (Å²) in [7, 11) is 0. The van der Waals surface area contributed by atoms with Crippen LogP contribution < -0.4 is 5.32 Å². The monoisotopic (exact) mass is 1240 g/mol. The first-order chi connectivity index (χ1) is 43.5. The average molecular weight is 1240 g/mol. The lowest BCUT2D eigenvalue weighted by Gasteiger charge is -2.20. The first-order valence-electron chi connectivity index (χ1n) is 40.3. The van der Waals surface area contributed by atoms with Crippen molar-refractivity contribution in [3.05, 3.63) is 36.5 Å². The highest BCUT2D eigenvalue weighted by atomic mass is 16.5. The molecule has 88 heavy (non-hydrogen) atoms. The molecule has 0 aliphatic carbocycles. The summed E-state index contributed by atoms with van der Waals surface area (Å²) in [4.78, 5) is 24.6. The largest absolute Gasteiger partial charge is 0.466 e. The molecule has 0 radical (unpaired) electrons. The number of amides is 1. The van der Waals surface area contributed by atoms with Gasteiger partial charge in [-0.2, -0.15) is 0 Å². The third-order valence-electron chi connectivity index (χ3n) is 18.9. The van der Waals surface area contributed by atoms with Crippen LogP contribution in [-0.4, -0.2) is 47.4 Å². The van der Waals surface area contributed by atoms with Gasteiger partial charge < -0.3 is 20.3 Å². The van der Waals surface area contributed by atoms with E-state index in [1.54, 1.807) is 6.08 Å². The van der Waals surface area contributed by atoms with E-state index in [-0.39, 0.29) is 18.5 Å². The molecule has 0 aromatic rings. The predicted octanol–water partition coefficient (Wildman–Crippen LogP) is 26.6. The molecular weight excluding hydrogens is 1080 g/mol. The van der Waals surface area contributed by atoms with E-state index in [2.05, 4.69) is 43.5 Å². The van der Waals surface area contributed by atoms with Crippen molar-refractivity contribution >= 4 is 11.9 Å². The molecule has 6 nitrogen and oxygen atoms in total. The summed E-state index contributed by atoms with van der Waals surface area (Å²) in [5.41, 5.74) is 0. The average Bonchev–Trinajstić information content (AvgIpc) is 3.55. The fourth-order valence-electron chi connectivity index (χ4n) is 12.7. The van der Waals surface area contributed by atoms with Crippen LogP contribution in [0.5, 0.6) is 0 Å². The number of allylic oxidation sites excluding steroid dienone is 5. The topological polar surface area (TPSA) is 95.9 Å². The van der Waals surface area contributed by atoms with E-state index in [9.17, 15) is 19.8 Å². The van der Waals surface area contributed by atoms with Crippen LogP contribution in [0.1, 0.15) is 450 Å². The van der Waals surface area contributed by atoms with Gasteiger partial charge in [0.25, 0.3) is 0 Å². The van der Waals surface area contributed by atoms with Crippen molar-refractivity contribution < 1.29 is 24.5 Å². The lowest BCUT2D eigenvalue weighted by Crippen LogP contribution is -2.45. The number of aliphatic hydroxyl groups excluding tert-OH is 2. The molecule has 0 aliphatic heterocycles. The zero-order valence-corrected chi connectivity index (χ0v) is 59.7. The summed E-state index contributed by atoms with van der Waals surface area (Å²) in [5.74, 6) is -0.0475. The SMILES string of the molecule is CCCCC/C=C\CCCCCCCC(=O)OCCCCCCCCCCCCCCCCCC/C=C\CCCCCCCCCCCCCCCCCCCC(=O)NC(CO)C(O)/C=C/CCCCCCCCCCCCCCCCCCCCCC. The van der Waals surface area contributed by atoms with Crippen LogP contribution in [0.3, 0.4) is 0 Å². The number of nitrogens with one attached hydrogen (secondary N) is 1. The molecule has 3 N–H and O–H groups in total.